The lowest BCUT2D eigenvalue weighted by Crippen LogP contribution is -2.52. The second-order valence-electron chi connectivity index (χ2n) is 5.11. The Bertz CT molecular complexity index is 539. The maximum atomic E-state index is 13.6. The molecule has 0 N–H and O–H groups in total. The number of rotatable bonds is 2. The van der Waals surface area contributed by atoms with Crippen LogP contribution in [0.3, 0.4) is 0 Å². The summed E-state index contributed by atoms with van der Waals surface area (Å²) in [5, 5.41) is 0. The second kappa shape index (κ2) is 4.77. The van der Waals surface area contributed by atoms with E-state index in [0.29, 0.717) is 32.2 Å². The molecule has 0 radical (unpaired) electrons. The van der Waals surface area contributed by atoms with Crippen LogP contribution in [0.15, 0.2) is 6.20 Å². The molecule has 8 heteroatoms. The van der Waals surface area contributed by atoms with Crippen LogP contribution in [0.25, 0.3) is 0 Å². The molecule has 7 nitrogen and oxygen atoms in total. The highest BCUT2D eigenvalue weighted by Gasteiger charge is 2.38. The molecule has 2 saturated heterocycles. The zero-order valence-corrected chi connectivity index (χ0v) is 11.4. The fourth-order valence-electron chi connectivity index (χ4n) is 2.49. The van der Waals surface area contributed by atoms with Crippen LogP contribution >= 0.6 is 0 Å². The molecule has 0 bridgehead atoms. The molecule has 1 aromatic rings. The van der Waals surface area contributed by atoms with Gasteiger partial charge in [0.25, 0.3) is 0 Å². The maximum Gasteiger partial charge on any atom is 0.410 e. The van der Waals surface area contributed by atoms with Crippen LogP contribution < -0.4 is 9.80 Å². The van der Waals surface area contributed by atoms with Crippen molar-refractivity contribution in [3.05, 3.63) is 12.0 Å². The van der Waals surface area contributed by atoms with Crippen molar-refractivity contribution in [1.82, 2.24) is 14.9 Å². The Morgan fingerprint density at radius 2 is 2.25 bits per heavy atom. The standard InChI is InChI=1S/C12H16FN5O2/c1-16(2)10-9(13)5-14-11(15-10)17-3-4-18-8(6-17)7-20-12(18)19/h5,8H,3-4,6-7H2,1-2H3. The lowest BCUT2D eigenvalue weighted by Gasteiger charge is -2.35. The van der Waals surface area contributed by atoms with E-state index in [1.54, 1.807) is 23.9 Å². The first-order valence-electron chi connectivity index (χ1n) is 6.44. The number of piperazine rings is 1. The fraction of sp³-hybridized carbons (Fsp3) is 0.583. The van der Waals surface area contributed by atoms with Crippen LogP contribution in [0.2, 0.25) is 0 Å². The summed E-state index contributed by atoms with van der Waals surface area (Å²) >= 11 is 0. The number of anilines is 2. The highest BCUT2D eigenvalue weighted by molar-refractivity contribution is 5.70. The molecular weight excluding hydrogens is 265 g/mol. The lowest BCUT2D eigenvalue weighted by molar-refractivity contribution is 0.157. The molecule has 1 atom stereocenters. The van der Waals surface area contributed by atoms with Crippen molar-refractivity contribution in [3.8, 4) is 0 Å². The van der Waals surface area contributed by atoms with Crippen molar-refractivity contribution in [3.63, 3.8) is 0 Å². The van der Waals surface area contributed by atoms with Crippen molar-refractivity contribution in [2.45, 2.75) is 6.04 Å². The van der Waals surface area contributed by atoms with E-state index in [0.717, 1.165) is 0 Å². The molecule has 2 fully saturated rings. The van der Waals surface area contributed by atoms with E-state index < -0.39 is 5.82 Å². The van der Waals surface area contributed by atoms with Crippen LogP contribution in [0.1, 0.15) is 0 Å². The number of hydrogen-bond donors (Lipinski definition) is 0. The Morgan fingerprint density at radius 3 is 3.00 bits per heavy atom. The number of hydrogen-bond acceptors (Lipinski definition) is 6. The van der Waals surface area contributed by atoms with Gasteiger partial charge in [-0.05, 0) is 0 Å². The summed E-state index contributed by atoms with van der Waals surface area (Å²) in [4.78, 5) is 25.0. The van der Waals surface area contributed by atoms with E-state index in [1.807, 2.05) is 4.90 Å². The number of fused-ring (bicyclic) bond motifs is 1. The van der Waals surface area contributed by atoms with E-state index >= 15 is 0 Å². The molecule has 0 saturated carbocycles. The number of carbonyl (C=O) groups excluding carboxylic acids is 1. The van der Waals surface area contributed by atoms with E-state index in [-0.39, 0.29) is 18.0 Å². The van der Waals surface area contributed by atoms with Crippen molar-refractivity contribution in [2.75, 3.05) is 50.1 Å². The van der Waals surface area contributed by atoms with Gasteiger partial charge < -0.3 is 14.5 Å². The number of cyclic esters (lactones) is 1. The highest BCUT2D eigenvalue weighted by atomic mass is 19.1. The Kier molecular flexibility index (Phi) is 3.07. The van der Waals surface area contributed by atoms with E-state index in [1.165, 1.54) is 6.20 Å². The second-order valence-corrected chi connectivity index (χ2v) is 5.11. The van der Waals surface area contributed by atoms with Gasteiger partial charge in [-0.25, -0.2) is 14.2 Å². The molecule has 0 aromatic carbocycles. The molecule has 1 unspecified atom stereocenters. The van der Waals surface area contributed by atoms with Gasteiger partial charge in [0.05, 0.1) is 12.2 Å². The zero-order valence-electron chi connectivity index (χ0n) is 11.4. The minimum absolute atomic E-state index is 0.0210. The number of amides is 1. The summed E-state index contributed by atoms with van der Waals surface area (Å²) in [6.45, 7) is 2.17. The summed E-state index contributed by atoms with van der Waals surface area (Å²) in [6.07, 6.45) is 0.920. The van der Waals surface area contributed by atoms with E-state index in [4.69, 9.17) is 4.74 Å². The predicted octanol–water partition coefficient (Wildman–Crippen LogP) is 0.322. The molecule has 2 aliphatic rings. The third-order valence-electron chi connectivity index (χ3n) is 3.54. The maximum absolute atomic E-state index is 13.6. The number of aromatic nitrogens is 2. The molecule has 0 aliphatic carbocycles. The Labute approximate surface area is 115 Å². The third kappa shape index (κ3) is 2.10. The molecule has 1 aromatic heterocycles. The first-order chi connectivity index (χ1) is 9.56. The van der Waals surface area contributed by atoms with Crippen LogP contribution in [-0.4, -0.2) is 67.3 Å². The molecule has 108 valence electrons. The highest BCUT2D eigenvalue weighted by Crippen LogP contribution is 2.22. The van der Waals surface area contributed by atoms with Gasteiger partial charge in [-0.15, -0.1) is 0 Å². The van der Waals surface area contributed by atoms with Crippen molar-refractivity contribution in [2.24, 2.45) is 0 Å². The minimum Gasteiger partial charge on any atom is -0.447 e. The largest absolute Gasteiger partial charge is 0.447 e. The molecule has 2 aliphatic heterocycles. The molecule has 3 heterocycles. The lowest BCUT2D eigenvalue weighted by atomic mass is 10.2. The first-order valence-corrected chi connectivity index (χ1v) is 6.44. The van der Waals surface area contributed by atoms with Gasteiger partial charge in [0.15, 0.2) is 11.6 Å². The Hall–Kier alpha value is -2.12. The van der Waals surface area contributed by atoms with Crippen LogP contribution in [-0.2, 0) is 4.74 Å². The molecule has 0 spiro atoms. The minimum atomic E-state index is -0.447. The first kappa shape index (κ1) is 12.9. The number of carbonyl (C=O) groups is 1. The normalized spacial score (nSPS) is 21.8. The molecule has 1 amide bonds. The number of ether oxygens (including phenoxy) is 1. The third-order valence-corrected chi connectivity index (χ3v) is 3.54. The van der Waals surface area contributed by atoms with Crippen molar-refractivity contribution in [1.29, 1.82) is 0 Å². The van der Waals surface area contributed by atoms with E-state index in [9.17, 15) is 9.18 Å². The van der Waals surface area contributed by atoms with Crippen LogP contribution in [0.5, 0.6) is 0 Å². The number of nitrogens with zero attached hydrogens (tertiary/aromatic N) is 5. The molecular formula is C12H16FN5O2. The van der Waals surface area contributed by atoms with Gasteiger partial charge >= 0.3 is 6.09 Å². The Balaban J connectivity index is 1.80. The summed E-state index contributed by atoms with van der Waals surface area (Å²) in [7, 11) is 3.47. The predicted molar refractivity (Wildman–Crippen MR) is 70.4 cm³/mol. The van der Waals surface area contributed by atoms with Gasteiger partial charge in [0.1, 0.15) is 6.61 Å². The van der Waals surface area contributed by atoms with Gasteiger partial charge in [0.2, 0.25) is 5.95 Å². The SMILES string of the molecule is CN(C)c1nc(N2CCN3C(=O)OCC3C2)ncc1F. The molecule has 3 rings (SSSR count). The van der Waals surface area contributed by atoms with Gasteiger partial charge in [-0.2, -0.15) is 4.98 Å². The van der Waals surface area contributed by atoms with Gasteiger partial charge in [-0.1, -0.05) is 0 Å². The van der Waals surface area contributed by atoms with Crippen LogP contribution in [0.4, 0.5) is 21.0 Å². The topological polar surface area (TPSA) is 61.8 Å². The summed E-state index contributed by atoms with van der Waals surface area (Å²) in [5.41, 5.74) is 0. The summed E-state index contributed by atoms with van der Waals surface area (Å²) in [5.74, 6) is 0.294. The quantitative estimate of drug-likeness (QED) is 0.778. The number of halogens is 1. The molecule has 20 heavy (non-hydrogen) atoms. The van der Waals surface area contributed by atoms with Crippen molar-refractivity contribution < 1.29 is 13.9 Å². The smallest absolute Gasteiger partial charge is 0.410 e. The monoisotopic (exact) mass is 281 g/mol. The average molecular weight is 281 g/mol. The van der Waals surface area contributed by atoms with E-state index in [2.05, 4.69) is 9.97 Å². The zero-order chi connectivity index (χ0) is 14.3. The fourth-order valence-corrected chi connectivity index (χ4v) is 2.49. The van der Waals surface area contributed by atoms with Crippen LogP contribution in [0, 0.1) is 5.82 Å². The summed E-state index contributed by atoms with van der Waals surface area (Å²) < 4.78 is 18.6. The average Bonchev–Trinajstić information content (AvgIpc) is 2.80. The summed E-state index contributed by atoms with van der Waals surface area (Å²) in [6, 6.07) is 0.0210. The van der Waals surface area contributed by atoms with Gasteiger partial charge in [0, 0.05) is 33.7 Å². The van der Waals surface area contributed by atoms with Crippen molar-refractivity contribution >= 4 is 17.9 Å². The van der Waals surface area contributed by atoms with Gasteiger partial charge in [-0.3, -0.25) is 4.90 Å². The Morgan fingerprint density at radius 1 is 1.45 bits per heavy atom.